The van der Waals surface area contributed by atoms with Gasteiger partial charge in [0, 0.05) is 18.7 Å². The molecule has 3 aromatic rings. The number of para-hydroxylation sites is 1. The van der Waals surface area contributed by atoms with E-state index in [0.29, 0.717) is 13.0 Å². The molecule has 8 heteroatoms. The molecule has 0 saturated carbocycles. The predicted molar refractivity (Wildman–Crippen MR) is 189 cm³/mol. The van der Waals surface area contributed by atoms with Gasteiger partial charge in [-0.15, -0.1) is 0 Å². The van der Waals surface area contributed by atoms with Crippen molar-refractivity contribution in [3.05, 3.63) is 94.0 Å². The van der Waals surface area contributed by atoms with Gasteiger partial charge in [0.2, 0.25) is 5.91 Å². The van der Waals surface area contributed by atoms with E-state index in [1.807, 2.05) is 64.1 Å². The van der Waals surface area contributed by atoms with Crippen LogP contribution >= 0.6 is 0 Å². The zero-order chi connectivity index (χ0) is 34.7. The van der Waals surface area contributed by atoms with Crippen LogP contribution in [-0.2, 0) is 20.7 Å². The van der Waals surface area contributed by atoms with Gasteiger partial charge in [-0.3, -0.25) is 9.59 Å². The van der Waals surface area contributed by atoms with E-state index in [1.54, 1.807) is 49.9 Å². The van der Waals surface area contributed by atoms with Crippen molar-refractivity contribution >= 4 is 23.6 Å². The zero-order valence-electron chi connectivity index (χ0n) is 29.4. The summed E-state index contributed by atoms with van der Waals surface area (Å²) in [5.41, 5.74) is 5.19. The monoisotopic (exact) mass is 643 g/mol. The largest absolute Gasteiger partial charge is 0.508 e. The van der Waals surface area contributed by atoms with Crippen LogP contribution in [0.25, 0.3) is 0 Å². The Labute approximate surface area is 280 Å². The molecular weight excluding hydrogens is 590 g/mol. The lowest BCUT2D eigenvalue weighted by Crippen LogP contribution is -2.53. The molecule has 0 saturated heterocycles. The molecule has 0 aromatic heterocycles. The van der Waals surface area contributed by atoms with E-state index in [4.69, 9.17) is 4.74 Å². The molecule has 2 atom stereocenters. The van der Waals surface area contributed by atoms with Crippen molar-refractivity contribution in [2.45, 2.75) is 112 Å². The molecular formula is C39H53N3O5. The first-order chi connectivity index (χ1) is 22.2. The second-order valence-corrected chi connectivity index (χ2v) is 13.5. The summed E-state index contributed by atoms with van der Waals surface area (Å²) in [4.78, 5) is 44.2. The quantitative estimate of drug-likeness (QED) is 0.153. The first kappa shape index (κ1) is 37.1. The molecule has 0 radical (unpaired) electrons. The summed E-state index contributed by atoms with van der Waals surface area (Å²) in [6.07, 6.45) is 4.21. The van der Waals surface area contributed by atoms with E-state index in [2.05, 4.69) is 17.6 Å². The Morgan fingerprint density at radius 3 is 2.04 bits per heavy atom. The number of unbranched alkanes of at least 4 members (excludes halogenated alkanes) is 4. The van der Waals surface area contributed by atoms with Crippen LogP contribution in [0.4, 0.5) is 10.5 Å². The highest BCUT2D eigenvalue weighted by Crippen LogP contribution is 2.31. The molecule has 3 aromatic carbocycles. The predicted octanol–water partition coefficient (Wildman–Crippen LogP) is 8.24. The summed E-state index contributed by atoms with van der Waals surface area (Å²) in [5, 5.41) is 15.9. The van der Waals surface area contributed by atoms with E-state index >= 15 is 0 Å². The van der Waals surface area contributed by atoms with Crippen molar-refractivity contribution in [1.82, 2.24) is 10.2 Å². The molecule has 2 unspecified atom stereocenters. The van der Waals surface area contributed by atoms with Gasteiger partial charge in [0.15, 0.2) is 0 Å². The number of aryl methyl sites for hydroxylation is 3. The number of ether oxygens (including phenoxy) is 1. The van der Waals surface area contributed by atoms with Crippen molar-refractivity contribution < 1.29 is 24.2 Å². The first-order valence-corrected chi connectivity index (χ1v) is 16.7. The van der Waals surface area contributed by atoms with Gasteiger partial charge in [-0.2, -0.15) is 0 Å². The van der Waals surface area contributed by atoms with Gasteiger partial charge in [-0.25, -0.2) is 4.79 Å². The number of alkyl carbamates (subject to hydrolysis) is 1. The molecule has 0 aliphatic rings. The fourth-order valence-electron chi connectivity index (χ4n) is 5.69. The van der Waals surface area contributed by atoms with Crippen molar-refractivity contribution in [1.29, 1.82) is 0 Å². The fraction of sp³-hybridized carbons (Fsp3) is 0.462. The molecule has 254 valence electrons. The minimum atomic E-state index is -1.04. The van der Waals surface area contributed by atoms with Gasteiger partial charge in [0.1, 0.15) is 23.4 Å². The Balaban J connectivity index is 2.14. The number of hydrogen-bond donors (Lipinski definition) is 3. The molecule has 0 aliphatic heterocycles. The second kappa shape index (κ2) is 17.0. The smallest absolute Gasteiger partial charge is 0.408 e. The molecule has 3 rings (SSSR count). The lowest BCUT2D eigenvalue weighted by molar-refractivity contribution is -0.140. The Hall–Kier alpha value is -4.33. The van der Waals surface area contributed by atoms with E-state index in [9.17, 15) is 19.5 Å². The normalized spacial score (nSPS) is 12.6. The van der Waals surface area contributed by atoms with Gasteiger partial charge in [-0.1, -0.05) is 81.1 Å². The van der Waals surface area contributed by atoms with Crippen LogP contribution in [0, 0.1) is 27.7 Å². The molecule has 0 fully saturated rings. The minimum Gasteiger partial charge on any atom is -0.508 e. The van der Waals surface area contributed by atoms with Crippen LogP contribution in [0.5, 0.6) is 5.75 Å². The van der Waals surface area contributed by atoms with Gasteiger partial charge < -0.3 is 25.4 Å². The third-order valence-corrected chi connectivity index (χ3v) is 8.38. The number of phenols is 1. The molecule has 0 bridgehead atoms. The Morgan fingerprint density at radius 1 is 0.830 bits per heavy atom. The van der Waals surface area contributed by atoms with Crippen molar-refractivity contribution in [3.8, 4) is 5.75 Å². The number of nitrogens with zero attached hydrogens (tertiary/aromatic N) is 1. The average molecular weight is 644 g/mol. The molecule has 3 N–H and O–H groups in total. The minimum absolute atomic E-state index is 0.101. The van der Waals surface area contributed by atoms with Crippen LogP contribution in [0.2, 0.25) is 0 Å². The summed E-state index contributed by atoms with van der Waals surface area (Å²) < 4.78 is 5.57. The number of phenolic OH excluding ortho intramolecular Hbond substituents is 1. The van der Waals surface area contributed by atoms with E-state index in [1.165, 1.54) is 0 Å². The Kier molecular flexibility index (Phi) is 13.4. The van der Waals surface area contributed by atoms with Gasteiger partial charge in [-0.05, 0) is 100 Å². The maximum atomic E-state index is 14.9. The third-order valence-electron chi connectivity index (χ3n) is 8.38. The summed E-state index contributed by atoms with van der Waals surface area (Å²) in [7, 11) is 0. The SMILES string of the molecule is CCCCCCCN(C(=O)C(Cc1ccc(O)cc1)NC(=O)OC(C)(C)C)C(C(=O)Nc1c(C)cccc1C)c1cccc(C)c1C. The van der Waals surface area contributed by atoms with Gasteiger partial charge in [0.25, 0.3) is 5.91 Å². The fourth-order valence-corrected chi connectivity index (χ4v) is 5.69. The van der Waals surface area contributed by atoms with E-state index < -0.39 is 23.8 Å². The van der Waals surface area contributed by atoms with E-state index in [0.717, 1.165) is 64.8 Å². The molecule has 0 spiro atoms. The molecule has 0 aliphatic carbocycles. The highest BCUT2D eigenvalue weighted by Gasteiger charge is 2.37. The zero-order valence-corrected chi connectivity index (χ0v) is 29.4. The number of anilines is 1. The van der Waals surface area contributed by atoms with Crippen molar-refractivity contribution in [2.24, 2.45) is 0 Å². The number of nitrogens with one attached hydrogen (secondary N) is 2. The van der Waals surface area contributed by atoms with E-state index in [-0.39, 0.29) is 24.0 Å². The number of benzene rings is 3. The highest BCUT2D eigenvalue weighted by molar-refractivity contribution is 6.00. The summed E-state index contributed by atoms with van der Waals surface area (Å²) >= 11 is 0. The van der Waals surface area contributed by atoms with Gasteiger partial charge >= 0.3 is 6.09 Å². The highest BCUT2D eigenvalue weighted by atomic mass is 16.6. The maximum absolute atomic E-state index is 14.9. The lowest BCUT2D eigenvalue weighted by Gasteiger charge is -2.35. The summed E-state index contributed by atoms with van der Waals surface area (Å²) in [5.74, 6) is -0.607. The molecule has 47 heavy (non-hydrogen) atoms. The van der Waals surface area contributed by atoms with Crippen LogP contribution in [-0.4, -0.2) is 46.1 Å². The molecule has 0 heterocycles. The number of rotatable bonds is 14. The summed E-state index contributed by atoms with van der Waals surface area (Å²) in [6, 6.07) is 16.2. The number of carbonyl (C=O) groups excluding carboxylic acids is 3. The standard InChI is InChI=1S/C39H53N3O5/c1-9-10-11-12-13-24-42(37(45)33(40-38(46)47-39(6,7)8)25-30-20-22-31(43)23-21-30)35(32-19-15-16-26(2)29(32)5)36(44)41-34-27(3)17-14-18-28(34)4/h14-23,33,35,43H,9-13,24-25H2,1-8H3,(H,40,46)(H,41,44). The van der Waals surface area contributed by atoms with Crippen LogP contribution in [0.3, 0.4) is 0 Å². The summed E-state index contributed by atoms with van der Waals surface area (Å²) in [6.45, 7) is 15.6. The number of amides is 3. The van der Waals surface area contributed by atoms with Crippen molar-refractivity contribution in [3.63, 3.8) is 0 Å². The van der Waals surface area contributed by atoms with Crippen LogP contribution in [0.1, 0.15) is 99.2 Å². The molecule has 8 nitrogen and oxygen atoms in total. The van der Waals surface area contributed by atoms with Crippen molar-refractivity contribution in [2.75, 3.05) is 11.9 Å². The third kappa shape index (κ3) is 10.9. The Bertz CT molecular complexity index is 1490. The number of carbonyl (C=O) groups is 3. The topological polar surface area (TPSA) is 108 Å². The average Bonchev–Trinajstić information content (AvgIpc) is 2.99. The lowest BCUT2D eigenvalue weighted by atomic mass is 9.94. The first-order valence-electron chi connectivity index (χ1n) is 16.7. The van der Waals surface area contributed by atoms with Crippen LogP contribution in [0.15, 0.2) is 60.7 Å². The number of hydrogen-bond acceptors (Lipinski definition) is 5. The maximum Gasteiger partial charge on any atom is 0.408 e. The van der Waals surface area contributed by atoms with Crippen LogP contribution < -0.4 is 10.6 Å². The Morgan fingerprint density at radius 2 is 1.43 bits per heavy atom. The van der Waals surface area contributed by atoms with Gasteiger partial charge in [0.05, 0.1) is 0 Å². The number of aromatic hydroxyl groups is 1. The molecule has 3 amide bonds. The second-order valence-electron chi connectivity index (χ2n) is 13.5.